The van der Waals surface area contributed by atoms with Crippen molar-refractivity contribution in [1.29, 1.82) is 5.26 Å². The zero-order valence-corrected chi connectivity index (χ0v) is 10.1. The normalized spacial score (nSPS) is 19.6. The Hall–Kier alpha value is -1.52. The molecule has 0 spiro atoms. The predicted octanol–water partition coefficient (Wildman–Crippen LogP) is 1.59. The molecular weight excluding hydrogens is 262 g/mol. The van der Waals surface area contributed by atoms with Crippen LogP contribution in [0, 0.1) is 11.3 Å². The van der Waals surface area contributed by atoms with Crippen LogP contribution in [0.1, 0.15) is 12.0 Å². The van der Waals surface area contributed by atoms with E-state index in [0.717, 1.165) is 4.31 Å². The molecule has 0 amide bonds. The number of rotatable bonds is 2. The van der Waals surface area contributed by atoms with Crippen LogP contribution in [-0.4, -0.2) is 31.7 Å². The molecule has 1 aliphatic heterocycles. The number of hydrogen-bond donors (Lipinski definition) is 0. The Bertz CT molecular complexity index is 590. The van der Waals surface area contributed by atoms with Crippen LogP contribution in [0.5, 0.6) is 0 Å². The minimum atomic E-state index is -3.89. The van der Waals surface area contributed by atoms with Crippen molar-refractivity contribution in [3.8, 4) is 6.07 Å². The third-order valence-electron chi connectivity index (χ3n) is 2.76. The van der Waals surface area contributed by atoms with Gasteiger partial charge in [-0.1, -0.05) is 0 Å². The summed E-state index contributed by atoms with van der Waals surface area (Å²) in [6.45, 7) is -0.968. The van der Waals surface area contributed by atoms with Gasteiger partial charge in [0, 0.05) is 13.0 Å². The van der Waals surface area contributed by atoms with Crippen molar-refractivity contribution in [3.05, 3.63) is 29.8 Å². The molecule has 0 atom stereocenters. The molecule has 18 heavy (non-hydrogen) atoms. The standard InChI is InChI=1S/C11H10F2N2O2S/c12-11(13)5-6-15(8-11)18(16,17)10-3-1-9(7-14)2-4-10/h1-4H,5-6,8H2. The lowest BCUT2D eigenvalue weighted by Gasteiger charge is -2.16. The molecule has 1 aromatic carbocycles. The summed E-state index contributed by atoms with van der Waals surface area (Å²) in [6.07, 6.45) is -0.456. The Kier molecular flexibility index (Phi) is 3.09. The highest BCUT2D eigenvalue weighted by Gasteiger charge is 2.43. The summed E-state index contributed by atoms with van der Waals surface area (Å²) in [6, 6.07) is 7.07. The molecule has 1 heterocycles. The van der Waals surface area contributed by atoms with Crippen LogP contribution >= 0.6 is 0 Å². The summed E-state index contributed by atoms with van der Waals surface area (Å²) in [5.41, 5.74) is 0.320. The van der Waals surface area contributed by atoms with E-state index in [1.807, 2.05) is 6.07 Å². The fraction of sp³-hybridized carbons (Fsp3) is 0.364. The molecule has 1 aromatic rings. The smallest absolute Gasteiger partial charge is 0.207 e. The number of benzene rings is 1. The molecule has 1 saturated heterocycles. The minimum absolute atomic E-state index is 0.0702. The van der Waals surface area contributed by atoms with E-state index in [1.54, 1.807) is 0 Å². The number of alkyl halides is 2. The van der Waals surface area contributed by atoms with Crippen molar-refractivity contribution in [2.75, 3.05) is 13.1 Å². The summed E-state index contributed by atoms with van der Waals surface area (Å²) in [5, 5.41) is 8.60. The summed E-state index contributed by atoms with van der Waals surface area (Å²) in [5.74, 6) is -2.96. The molecule has 4 nitrogen and oxygen atoms in total. The van der Waals surface area contributed by atoms with E-state index in [2.05, 4.69) is 0 Å². The van der Waals surface area contributed by atoms with Gasteiger partial charge >= 0.3 is 0 Å². The number of hydrogen-bond acceptors (Lipinski definition) is 3. The van der Waals surface area contributed by atoms with E-state index in [0.29, 0.717) is 5.56 Å². The second kappa shape index (κ2) is 4.30. The quantitative estimate of drug-likeness (QED) is 0.821. The molecule has 2 rings (SSSR count). The van der Waals surface area contributed by atoms with Gasteiger partial charge < -0.3 is 0 Å². The second-order valence-electron chi connectivity index (χ2n) is 4.08. The number of halogens is 2. The lowest BCUT2D eigenvalue weighted by Crippen LogP contribution is -2.31. The first-order chi connectivity index (χ1) is 8.35. The first-order valence-corrected chi connectivity index (χ1v) is 6.67. The van der Waals surface area contributed by atoms with Crippen molar-refractivity contribution in [3.63, 3.8) is 0 Å². The summed E-state index contributed by atoms with van der Waals surface area (Å²) in [7, 11) is -3.89. The van der Waals surface area contributed by atoms with E-state index in [4.69, 9.17) is 5.26 Å². The van der Waals surface area contributed by atoms with E-state index >= 15 is 0 Å². The molecule has 0 aromatic heterocycles. The highest BCUT2D eigenvalue weighted by atomic mass is 32.2. The number of nitrogens with zero attached hydrogens (tertiary/aromatic N) is 2. The van der Waals surface area contributed by atoms with Crippen LogP contribution in [0.15, 0.2) is 29.2 Å². The first kappa shape index (κ1) is 12.9. The molecule has 0 bridgehead atoms. The monoisotopic (exact) mass is 272 g/mol. The second-order valence-corrected chi connectivity index (χ2v) is 6.02. The molecule has 0 radical (unpaired) electrons. The molecule has 0 saturated carbocycles. The lowest BCUT2D eigenvalue weighted by molar-refractivity contribution is 0.0183. The van der Waals surface area contributed by atoms with E-state index in [9.17, 15) is 17.2 Å². The maximum Gasteiger partial charge on any atom is 0.262 e. The number of sulfonamides is 1. The third-order valence-corrected chi connectivity index (χ3v) is 4.62. The van der Waals surface area contributed by atoms with Crippen molar-refractivity contribution >= 4 is 10.0 Å². The maximum absolute atomic E-state index is 13.0. The van der Waals surface area contributed by atoms with E-state index in [1.165, 1.54) is 24.3 Å². The largest absolute Gasteiger partial charge is 0.262 e. The van der Waals surface area contributed by atoms with E-state index < -0.39 is 28.9 Å². The minimum Gasteiger partial charge on any atom is -0.207 e. The van der Waals surface area contributed by atoms with Gasteiger partial charge in [-0.15, -0.1) is 0 Å². The van der Waals surface area contributed by atoms with Gasteiger partial charge in [-0.05, 0) is 24.3 Å². The Morgan fingerprint density at radius 3 is 2.33 bits per heavy atom. The molecule has 1 aliphatic rings. The van der Waals surface area contributed by atoms with Crippen LogP contribution in [0.25, 0.3) is 0 Å². The molecule has 1 fully saturated rings. The van der Waals surface area contributed by atoms with Gasteiger partial charge in [0.1, 0.15) is 0 Å². The van der Waals surface area contributed by atoms with Crippen LogP contribution in [0.2, 0.25) is 0 Å². The Balaban J connectivity index is 2.29. The van der Waals surface area contributed by atoms with E-state index in [-0.39, 0.29) is 11.4 Å². The van der Waals surface area contributed by atoms with Gasteiger partial charge in [-0.2, -0.15) is 9.57 Å². The molecule has 0 N–H and O–H groups in total. The van der Waals surface area contributed by atoms with Crippen molar-refractivity contribution in [2.24, 2.45) is 0 Å². The topological polar surface area (TPSA) is 61.2 Å². The van der Waals surface area contributed by atoms with Gasteiger partial charge in [-0.3, -0.25) is 0 Å². The van der Waals surface area contributed by atoms with Crippen LogP contribution in [0.4, 0.5) is 8.78 Å². The highest BCUT2D eigenvalue weighted by molar-refractivity contribution is 7.89. The van der Waals surface area contributed by atoms with Crippen LogP contribution < -0.4 is 0 Å². The van der Waals surface area contributed by atoms with Gasteiger partial charge in [0.2, 0.25) is 10.0 Å². The molecule has 0 unspecified atom stereocenters. The third kappa shape index (κ3) is 2.35. The van der Waals surface area contributed by atoms with Gasteiger partial charge in [0.15, 0.2) is 0 Å². The fourth-order valence-corrected chi connectivity index (χ4v) is 3.23. The van der Waals surface area contributed by atoms with Crippen molar-refractivity contribution in [1.82, 2.24) is 4.31 Å². The Morgan fingerprint density at radius 2 is 1.89 bits per heavy atom. The van der Waals surface area contributed by atoms with Crippen molar-refractivity contribution < 1.29 is 17.2 Å². The zero-order valence-electron chi connectivity index (χ0n) is 9.31. The van der Waals surface area contributed by atoms with Crippen LogP contribution in [0.3, 0.4) is 0 Å². The number of nitriles is 1. The Morgan fingerprint density at radius 1 is 1.28 bits per heavy atom. The summed E-state index contributed by atoms with van der Waals surface area (Å²) < 4.78 is 50.9. The first-order valence-electron chi connectivity index (χ1n) is 5.23. The molecule has 7 heteroatoms. The Labute approximate surface area is 103 Å². The predicted molar refractivity (Wildman–Crippen MR) is 59.5 cm³/mol. The molecule has 96 valence electrons. The van der Waals surface area contributed by atoms with Gasteiger partial charge in [0.25, 0.3) is 5.92 Å². The average molecular weight is 272 g/mol. The van der Waals surface area contributed by atoms with Crippen molar-refractivity contribution in [2.45, 2.75) is 17.2 Å². The molecule has 0 aliphatic carbocycles. The summed E-state index contributed by atoms with van der Waals surface area (Å²) in [4.78, 5) is -0.0702. The van der Waals surface area contributed by atoms with Gasteiger partial charge in [-0.25, -0.2) is 17.2 Å². The SMILES string of the molecule is N#Cc1ccc(S(=O)(=O)N2CCC(F)(F)C2)cc1. The average Bonchev–Trinajstić information content (AvgIpc) is 2.70. The maximum atomic E-state index is 13.0. The summed E-state index contributed by atoms with van der Waals surface area (Å²) >= 11 is 0. The zero-order chi connectivity index (χ0) is 13.4. The van der Waals surface area contributed by atoms with Crippen LogP contribution in [-0.2, 0) is 10.0 Å². The molecular formula is C11H10F2N2O2S. The lowest BCUT2D eigenvalue weighted by atomic mass is 10.2. The highest BCUT2D eigenvalue weighted by Crippen LogP contribution is 2.31. The fourth-order valence-electron chi connectivity index (χ4n) is 1.76. The van der Waals surface area contributed by atoms with Gasteiger partial charge in [0.05, 0.1) is 23.1 Å².